The standard InChI is InChI=1S/C16H28N2S/c1-5-18-10-6-7-12(11-17)15(18)13-8-9-14(19-13)16(2,3)4/h8-9,12,15H,5-7,10-11,17H2,1-4H3. The van der Waals surface area contributed by atoms with Gasteiger partial charge in [0.05, 0.1) is 0 Å². The molecule has 0 bridgehead atoms. The maximum Gasteiger partial charge on any atom is 0.0481 e. The molecule has 3 heteroatoms. The SMILES string of the molecule is CCN1CCCC(CN)C1c1ccc(C(C)(C)C)s1. The summed E-state index contributed by atoms with van der Waals surface area (Å²) in [7, 11) is 0. The Morgan fingerprint density at radius 1 is 1.37 bits per heavy atom. The minimum absolute atomic E-state index is 0.257. The number of piperidine rings is 1. The summed E-state index contributed by atoms with van der Waals surface area (Å²) < 4.78 is 0. The van der Waals surface area contributed by atoms with Crippen molar-refractivity contribution in [3.05, 3.63) is 21.9 Å². The molecule has 0 aliphatic carbocycles. The highest BCUT2D eigenvalue weighted by Crippen LogP contribution is 2.40. The normalized spacial score (nSPS) is 25.7. The highest BCUT2D eigenvalue weighted by Gasteiger charge is 2.32. The Labute approximate surface area is 122 Å². The Bertz CT molecular complexity index is 393. The first-order valence-corrected chi connectivity index (χ1v) is 8.33. The van der Waals surface area contributed by atoms with Crippen LogP contribution in [0.15, 0.2) is 12.1 Å². The third kappa shape index (κ3) is 3.21. The number of thiophene rings is 1. The van der Waals surface area contributed by atoms with Gasteiger partial charge >= 0.3 is 0 Å². The molecule has 1 fully saturated rings. The van der Waals surface area contributed by atoms with Crippen molar-refractivity contribution in [2.24, 2.45) is 11.7 Å². The molecule has 0 radical (unpaired) electrons. The van der Waals surface area contributed by atoms with E-state index in [9.17, 15) is 0 Å². The van der Waals surface area contributed by atoms with E-state index in [0.29, 0.717) is 12.0 Å². The monoisotopic (exact) mass is 280 g/mol. The van der Waals surface area contributed by atoms with Gasteiger partial charge in [0.25, 0.3) is 0 Å². The molecule has 1 aliphatic rings. The Kier molecular flexibility index (Phi) is 4.70. The lowest BCUT2D eigenvalue weighted by atomic mass is 9.88. The van der Waals surface area contributed by atoms with Gasteiger partial charge in [-0.25, -0.2) is 0 Å². The van der Waals surface area contributed by atoms with Crippen LogP contribution in [0.1, 0.15) is 56.3 Å². The molecule has 0 saturated carbocycles. The fourth-order valence-corrected chi connectivity index (χ4v) is 4.37. The molecular formula is C16H28N2S. The average molecular weight is 280 g/mol. The molecule has 1 aromatic rings. The summed E-state index contributed by atoms with van der Waals surface area (Å²) in [5, 5.41) is 0. The molecule has 0 spiro atoms. The van der Waals surface area contributed by atoms with Gasteiger partial charge < -0.3 is 5.73 Å². The summed E-state index contributed by atoms with van der Waals surface area (Å²) in [5.41, 5.74) is 6.28. The zero-order valence-electron chi connectivity index (χ0n) is 12.8. The maximum absolute atomic E-state index is 6.02. The number of nitrogens with zero attached hydrogens (tertiary/aromatic N) is 1. The highest BCUT2D eigenvalue weighted by molar-refractivity contribution is 7.12. The maximum atomic E-state index is 6.02. The summed E-state index contributed by atoms with van der Waals surface area (Å²) in [5.74, 6) is 0.625. The summed E-state index contributed by atoms with van der Waals surface area (Å²) in [6.07, 6.45) is 2.57. The summed E-state index contributed by atoms with van der Waals surface area (Å²) in [4.78, 5) is 5.61. The van der Waals surface area contributed by atoms with Crippen LogP contribution in [0.4, 0.5) is 0 Å². The van der Waals surface area contributed by atoms with Crippen LogP contribution < -0.4 is 5.73 Å². The average Bonchev–Trinajstić information content (AvgIpc) is 2.86. The van der Waals surface area contributed by atoms with Crippen molar-refractivity contribution in [3.63, 3.8) is 0 Å². The number of likely N-dealkylation sites (tertiary alicyclic amines) is 1. The zero-order chi connectivity index (χ0) is 14.0. The van der Waals surface area contributed by atoms with E-state index in [1.54, 1.807) is 0 Å². The predicted octanol–water partition coefficient (Wildman–Crippen LogP) is 3.78. The van der Waals surface area contributed by atoms with Crippen LogP contribution in [0.25, 0.3) is 0 Å². The number of nitrogens with two attached hydrogens (primary N) is 1. The lowest BCUT2D eigenvalue weighted by molar-refractivity contribution is 0.105. The Morgan fingerprint density at radius 2 is 2.11 bits per heavy atom. The van der Waals surface area contributed by atoms with E-state index in [-0.39, 0.29) is 5.41 Å². The largest absolute Gasteiger partial charge is 0.330 e. The molecule has 2 nitrogen and oxygen atoms in total. The highest BCUT2D eigenvalue weighted by atomic mass is 32.1. The molecule has 2 heterocycles. The minimum atomic E-state index is 0.257. The van der Waals surface area contributed by atoms with Gasteiger partial charge in [-0.1, -0.05) is 27.7 Å². The molecule has 2 N–H and O–H groups in total. The summed E-state index contributed by atoms with van der Waals surface area (Å²) in [6, 6.07) is 5.20. The lowest BCUT2D eigenvalue weighted by Gasteiger charge is -2.40. The smallest absolute Gasteiger partial charge is 0.0481 e. The van der Waals surface area contributed by atoms with Crippen LogP contribution >= 0.6 is 11.3 Å². The van der Waals surface area contributed by atoms with E-state index in [2.05, 4.69) is 44.7 Å². The van der Waals surface area contributed by atoms with Crippen molar-refractivity contribution in [2.75, 3.05) is 19.6 Å². The molecular weight excluding hydrogens is 252 g/mol. The van der Waals surface area contributed by atoms with Crippen molar-refractivity contribution in [3.8, 4) is 0 Å². The molecule has 0 amide bonds. The Balaban J connectivity index is 2.28. The van der Waals surface area contributed by atoms with Gasteiger partial charge in [0.1, 0.15) is 0 Å². The van der Waals surface area contributed by atoms with Gasteiger partial charge in [-0.3, -0.25) is 4.90 Å². The Hall–Kier alpha value is -0.380. The third-order valence-electron chi connectivity index (χ3n) is 4.23. The van der Waals surface area contributed by atoms with Crippen LogP contribution in [0.3, 0.4) is 0 Å². The molecule has 0 aromatic carbocycles. The van der Waals surface area contributed by atoms with Crippen molar-refractivity contribution in [2.45, 2.75) is 52.0 Å². The van der Waals surface area contributed by atoms with Crippen LogP contribution in [0, 0.1) is 5.92 Å². The van der Waals surface area contributed by atoms with Crippen LogP contribution in [0.5, 0.6) is 0 Å². The van der Waals surface area contributed by atoms with Gasteiger partial charge in [-0.2, -0.15) is 0 Å². The van der Waals surface area contributed by atoms with E-state index in [0.717, 1.165) is 13.1 Å². The van der Waals surface area contributed by atoms with Gasteiger partial charge in [0.2, 0.25) is 0 Å². The first-order chi connectivity index (χ1) is 8.97. The number of rotatable bonds is 3. The number of hydrogen-bond donors (Lipinski definition) is 1. The molecule has 19 heavy (non-hydrogen) atoms. The minimum Gasteiger partial charge on any atom is -0.330 e. The van der Waals surface area contributed by atoms with Gasteiger partial charge in [-0.15, -0.1) is 11.3 Å². The third-order valence-corrected chi connectivity index (χ3v) is 5.81. The molecule has 2 unspecified atom stereocenters. The molecule has 1 saturated heterocycles. The van der Waals surface area contributed by atoms with E-state index >= 15 is 0 Å². The zero-order valence-corrected chi connectivity index (χ0v) is 13.6. The second kappa shape index (κ2) is 5.94. The van der Waals surface area contributed by atoms with Gasteiger partial charge in [-0.05, 0) is 55.9 Å². The molecule has 1 aromatic heterocycles. The van der Waals surface area contributed by atoms with E-state index in [1.807, 2.05) is 11.3 Å². The van der Waals surface area contributed by atoms with Crippen molar-refractivity contribution < 1.29 is 0 Å². The number of hydrogen-bond acceptors (Lipinski definition) is 3. The van der Waals surface area contributed by atoms with E-state index < -0.39 is 0 Å². The predicted molar refractivity (Wildman–Crippen MR) is 84.8 cm³/mol. The second-order valence-electron chi connectivity index (χ2n) is 6.66. The second-order valence-corrected chi connectivity index (χ2v) is 7.78. The van der Waals surface area contributed by atoms with Crippen LogP contribution in [0.2, 0.25) is 0 Å². The molecule has 2 atom stereocenters. The first-order valence-electron chi connectivity index (χ1n) is 7.51. The topological polar surface area (TPSA) is 29.3 Å². The van der Waals surface area contributed by atoms with Gasteiger partial charge in [0, 0.05) is 15.8 Å². The summed E-state index contributed by atoms with van der Waals surface area (Å²) >= 11 is 1.99. The fourth-order valence-electron chi connectivity index (χ4n) is 3.08. The van der Waals surface area contributed by atoms with Crippen molar-refractivity contribution in [1.29, 1.82) is 0 Å². The van der Waals surface area contributed by atoms with Crippen LogP contribution in [-0.2, 0) is 5.41 Å². The molecule has 2 rings (SSSR count). The van der Waals surface area contributed by atoms with Gasteiger partial charge in [0.15, 0.2) is 0 Å². The quantitative estimate of drug-likeness (QED) is 0.913. The van der Waals surface area contributed by atoms with E-state index in [4.69, 9.17) is 5.73 Å². The first kappa shape index (κ1) is 15.0. The molecule has 108 valence electrons. The summed E-state index contributed by atoms with van der Waals surface area (Å²) in [6.45, 7) is 12.3. The Morgan fingerprint density at radius 3 is 2.63 bits per heavy atom. The lowest BCUT2D eigenvalue weighted by Crippen LogP contribution is -2.41. The van der Waals surface area contributed by atoms with Crippen LogP contribution in [-0.4, -0.2) is 24.5 Å². The van der Waals surface area contributed by atoms with Crippen molar-refractivity contribution >= 4 is 11.3 Å². The fraction of sp³-hybridized carbons (Fsp3) is 0.750. The van der Waals surface area contributed by atoms with E-state index in [1.165, 1.54) is 29.1 Å². The van der Waals surface area contributed by atoms with Crippen molar-refractivity contribution in [1.82, 2.24) is 4.90 Å². The molecule has 1 aliphatic heterocycles.